The van der Waals surface area contributed by atoms with Gasteiger partial charge in [0, 0.05) is 38.0 Å². The minimum Gasteiger partial charge on any atom is -0.361 e. The lowest BCUT2D eigenvalue weighted by atomic mass is 9.87. The largest absolute Gasteiger partial charge is 0.361 e. The molecule has 5 nitrogen and oxygen atoms in total. The molecular formula is C20H27N5. The number of nitrogens with zero attached hydrogens (tertiary/aromatic N) is 3. The van der Waals surface area contributed by atoms with Gasteiger partial charge in [-0.25, -0.2) is 4.98 Å². The lowest BCUT2D eigenvalue weighted by Gasteiger charge is -2.39. The predicted octanol–water partition coefficient (Wildman–Crippen LogP) is 3.07. The average Bonchev–Trinajstić information content (AvgIpc) is 3.24. The smallest absolute Gasteiger partial charge is 0.0946 e. The molecule has 132 valence electrons. The summed E-state index contributed by atoms with van der Waals surface area (Å²) in [6.45, 7) is 3.08. The van der Waals surface area contributed by atoms with Gasteiger partial charge >= 0.3 is 0 Å². The average molecular weight is 337 g/mol. The highest BCUT2D eigenvalue weighted by Gasteiger charge is 2.31. The molecular weight excluding hydrogens is 310 g/mol. The molecule has 1 aromatic carbocycles. The van der Waals surface area contributed by atoms with Crippen molar-refractivity contribution in [2.75, 3.05) is 20.1 Å². The van der Waals surface area contributed by atoms with Crippen LogP contribution in [0.25, 0.3) is 10.9 Å². The third-order valence-electron chi connectivity index (χ3n) is 5.56. The molecule has 2 aromatic heterocycles. The van der Waals surface area contributed by atoms with Crippen LogP contribution in [0.2, 0.25) is 0 Å². The van der Waals surface area contributed by atoms with E-state index in [9.17, 15) is 0 Å². The number of aromatic amines is 1. The van der Waals surface area contributed by atoms with Gasteiger partial charge in [0.1, 0.15) is 0 Å². The highest BCUT2D eigenvalue weighted by atomic mass is 15.2. The van der Waals surface area contributed by atoms with Gasteiger partial charge in [0.25, 0.3) is 0 Å². The van der Waals surface area contributed by atoms with Crippen molar-refractivity contribution in [3.63, 3.8) is 0 Å². The number of H-pyrrole nitrogens is 1. The number of hydrogen-bond acceptors (Lipinski definition) is 3. The second-order valence-corrected chi connectivity index (χ2v) is 7.25. The SMILES string of the molecule is CN1CCC[C@@H](CNCc2cccc3cc[nH]c23)[C@@H]1c1cncn1C. The van der Waals surface area contributed by atoms with Crippen molar-refractivity contribution >= 4 is 10.9 Å². The van der Waals surface area contributed by atoms with Crippen LogP contribution in [0.5, 0.6) is 0 Å². The van der Waals surface area contributed by atoms with Crippen molar-refractivity contribution in [1.29, 1.82) is 0 Å². The number of hydrogen-bond donors (Lipinski definition) is 2. The number of benzene rings is 1. The molecule has 2 N–H and O–H groups in total. The van der Waals surface area contributed by atoms with Crippen molar-refractivity contribution < 1.29 is 0 Å². The summed E-state index contributed by atoms with van der Waals surface area (Å²) in [4.78, 5) is 10.2. The Bertz CT molecular complexity index is 833. The molecule has 0 saturated carbocycles. The minimum absolute atomic E-state index is 0.440. The summed E-state index contributed by atoms with van der Waals surface area (Å²) in [5.74, 6) is 0.608. The number of nitrogens with one attached hydrogen (secondary N) is 2. The third kappa shape index (κ3) is 3.22. The fourth-order valence-corrected chi connectivity index (χ4v) is 4.28. The number of likely N-dealkylation sites (tertiary alicyclic amines) is 1. The molecule has 4 rings (SSSR count). The number of imidazole rings is 1. The van der Waals surface area contributed by atoms with Gasteiger partial charge in [0.2, 0.25) is 0 Å². The normalized spacial score (nSPS) is 21.8. The highest BCUT2D eigenvalue weighted by Crippen LogP contribution is 2.34. The van der Waals surface area contributed by atoms with E-state index in [1.54, 1.807) is 0 Å². The summed E-state index contributed by atoms with van der Waals surface area (Å²) in [5.41, 5.74) is 3.91. The van der Waals surface area contributed by atoms with Gasteiger partial charge in [0.05, 0.1) is 18.1 Å². The van der Waals surface area contributed by atoms with Gasteiger partial charge in [0.15, 0.2) is 0 Å². The van der Waals surface area contributed by atoms with E-state index in [1.165, 1.54) is 35.0 Å². The van der Waals surface area contributed by atoms with Gasteiger partial charge in [-0.15, -0.1) is 0 Å². The molecule has 0 aliphatic carbocycles. The van der Waals surface area contributed by atoms with Crippen molar-refractivity contribution in [2.24, 2.45) is 13.0 Å². The third-order valence-corrected chi connectivity index (χ3v) is 5.56. The zero-order chi connectivity index (χ0) is 17.2. The predicted molar refractivity (Wildman–Crippen MR) is 101 cm³/mol. The molecule has 1 aliphatic rings. The van der Waals surface area contributed by atoms with E-state index < -0.39 is 0 Å². The summed E-state index contributed by atoms with van der Waals surface area (Å²) < 4.78 is 2.17. The topological polar surface area (TPSA) is 48.9 Å². The number of aromatic nitrogens is 3. The van der Waals surface area contributed by atoms with Crippen LogP contribution in [-0.4, -0.2) is 39.6 Å². The molecule has 3 aromatic rings. The molecule has 1 fully saturated rings. The molecule has 0 spiro atoms. The van der Waals surface area contributed by atoms with Crippen molar-refractivity contribution in [2.45, 2.75) is 25.4 Å². The molecule has 1 aliphatic heterocycles. The van der Waals surface area contributed by atoms with Crippen molar-refractivity contribution in [3.8, 4) is 0 Å². The van der Waals surface area contributed by atoms with Crippen LogP contribution in [0.1, 0.15) is 30.1 Å². The molecule has 2 atom stereocenters. The molecule has 0 amide bonds. The van der Waals surface area contributed by atoms with Crippen LogP contribution >= 0.6 is 0 Å². The maximum absolute atomic E-state index is 4.33. The van der Waals surface area contributed by atoms with Crippen molar-refractivity contribution in [3.05, 3.63) is 54.2 Å². The fraction of sp³-hybridized carbons (Fsp3) is 0.450. The van der Waals surface area contributed by atoms with Crippen LogP contribution in [0, 0.1) is 5.92 Å². The fourth-order valence-electron chi connectivity index (χ4n) is 4.28. The van der Waals surface area contributed by atoms with Crippen LogP contribution in [0.15, 0.2) is 43.0 Å². The van der Waals surface area contributed by atoms with Crippen LogP contribution in [0.3, 0.4) is 0 Å². The first-order chi connectivity index (χ1) is 12.2. The Kier molecular flexibility index (Phi) is 4.59. The van der Waals surface area contributed by atoms with E-state index in [-0.39, 0.29) is 0 Å². The molecule has 1 saturated heterocycles. The van der Waals surface area contributed by atoms with Crippen LogP contribution in [-0.2, 0) is 13.6 Å². The van der Waals surface area contributed by atoms with Gasteiger partial charge in [-0.3, -0.25) is 4.90 Å². The zero-order valence-corrected chi connectivity index (χ0v) is 15.1. The van der Waals surface area contributed by atoms with Gasteiger partial charge in [-0.1, -0.05) is 18.2 Å². The summed E-state index contributed by atoms with van der Waals surface area (Å²) in [7, 11) is 4.34. The first-order valence-electron chi connectivity index (χ1n) is 9.16. The van der Waals surface area contributed by atoms with E-state index in [0.29, 0.717) is 12.0 Å². The molecule has 25 heavy (non-hydrogen) atoms. The van der Waals surface area contributed by atoms with Crippen LogP contribution in [0.4, 0.5) is 0 Å². The first-order valence-corrected chi connectivity index (χ1v) is 9.16. The standard InChI is InChI=1S/C20H27N5/c1-24-10-4-7-17(20(24)18-13-22-14-25(18)2)12-21-11-16-6-3-5-15-8-9-23-19(15)16/h3,5-6,8-9,13-14,17,20-21,23H,4,7,10-12H2,1-2H3/t17-,20+/m0/s1. The van der Waals surface area contributed by atoms with Crippen molar-refractivity contribution in [1.82, 2.24) is 24.8 Å². The number of fused-ring (bicyclic) bond motifs is 1. The minimum atomic E-state index is 0.440. The van der Waals surface area contributed by atoms with E-state index in [4.69, 9.17) is 0 Å². The zero-order valence-electron chi connectivity index (χ0n) is 15.1. The van der Waals surface area contributed by atoms with E-state index in [0.717, 1.165) is 19.6 Å². The van der Waals surface area contributed by atoms with E-state index >= 15 is 0 Å². The number of aryl methyl sites for hydroxylation is 1. The number of rotatable bonds is 5. The van der Waals surface area contributed by atoms with Gasteiger partial charge in [-0.2, -0.15) is 0 Å². The van der Waals surface area contributed by atoms with Crippen LogP contribution < -0.4 is 5.32 Å². The second-order valence-electron chi connectivity index (χ2n) is 7.25. The lowest BCUT2D eigenvalue weighted by molar-refractivity contribution is 0.113. The maximum atomic E-state index is 4.33. The van der Waals surface area contributed by atoms with Gasteiger partial charge < -0.3 is 14.9 Å². The Balaban J connectivity index is 1.45. The lowest BCUT2D eigenvalue weighted by Crippen LogP contribution is -2.41. The summed E-state index contributed by atoms with van der Waals surface area (Å²) in [6.07, 6.45) is 8.49. The Hall–Kier alpha value is -2.11. The molecule has 0 radical (unpaired) electrons. The quantitative estimate of drug-likeness (QED) is 0.752. The molecule has 3 heterocycles. The second kappa shape index (κ2) is 7.02. The molecule has 5 heteroatoms. The number of para-hydroxylation sites is 1. The van der Waals surface area contributed by atoms with Gasteiger partial charge in [-0.05, 0) is 49.4 Å². The van der Waals surface area contributed by atoms with E-state index in [1.807, 2.05) is 18.7 Å². The van der Waals surface area contributed by atoms with E-state index in [2.05, 4.69) is 63.1 Å². The highest BCUT2D eigenvalue weighted by molar-refractivity contribution is 5.82. The monoisotopic (exact) mass is 337 g/mol. The number of piperidine rings is 1. The maximum Gasteiger partial charge on any atom is 0.0946 e. The molecule has 0 unspecified atom stereocenters. The Labute approximate surface area is 149 Å². The Morgan fingerprint density at radius 3 is 3.04 bits per heavy atom. The molecule has 0 bridgehead atoms. The Morgan fingerprint density at radius 2 is 2.20 bits per heavy atom. The Morgan fingerprint density at radius 1 is 1.28 bits per heavy atom. The summed E-state index contributed by atoms with van der Waals surface area (Å²) in [5, 5.41) is 4.99. The first kappa shape index (κ1) is 16.4. The summed E-state index contributed by atoms with van der Waals surface area (Å²) >= 11 is 0. The summed E-state index contributed by atoms with van der Waals surface area (Å²) in [6, 6.07) is 9.07.